The third-order valence-corrected chi connectivity index (χ3v) is 9.14. The maximum atomic E-state index is 14.1. The summed E-state index contributed by atoms with van der Waals surface area (Å²) in [5.74, 6) is -0.836. The molecule has 228 valence electrons. The highest BCUT2D eigenvalue weighted by Gasteiger charge is 2.33. The van der Waals surface area contributed by atoms with E-state index in [9.17, 15) is 14.4 Å². The fraction of sp³-hybridized carbons (Fsp3) is 0.294. The first kappa shape index (κ1) is 31.3. The summed E-state index contributed by atoms with van der Waals surface area (Å²) in [6.07, 6.45) is 3.57. The van der Waals surface area contributed by atoms with Crippen LogP contribution in [-0.2, 0) is 14.3 Å². The summed E-state index contributed by atoms with van der Waals surface area (Å²) < 4.78 is 14.9. The topological polar surface area (TPSA) is 91.9 Å². The van der Waals surface area contributed by atoms with Crippen LogP contribution < -0.4 is 14.9 Å². The monoisotopic (exact) mass is 629 g/mol. The van der Waals surface area contributed by atoms with Crippen LogP contribution in [0.5, 0.6) is 0 Å². The predicted octanol–water partition coefficient (Wildman–Crippen LogP) is 5.49. The maximum Gasteiger partial charge on any atom is 0.338 e. The predicted molar refractivity (Wildman–Crippen MR) is 174 cm³/mol. The van der Waals surface area contributed by atoms with Gasteiger partial charge in [-0.2, -0.15) is 0 Å². The first-order valence-electron chi connectivity index (χ1n) is 14.4. The van der Waals surface area contributed by atoms with Crippen LogP contribution in [0.15, 0.2) is 80.5 Å². The molecule has 1 atom stereocenters. The number of aryl methyl sites for hydroxylation is 1. The minimum Gasteiger partial charge on any atom is -0.462 e. The molecule has 0 bridgehead atoms. The van der Waals surface area contributed by atoms with E-state index in [1.807, 2.05) is 68.6 Å². The zero-order chi connectivity index (χ0) is 31.7. The van der Waals surface area contributed by atoms with Crippen LogP contribution >= 0.6 is 23.1 Å². The van der Waals surface area contributed by atoms with Crippen molar-refractivity contribution in [2.24, 2.45) is 4.99 Å². The van der Waals surface area contributed by atoms with Gasteiger partial charge in [0, 0.05) is 22.0 Å². The molecule has 44 heavy (non-hydrogen) atoms. The fourth-order valence-electron chi connectivity index (χ4n) is 5.40. The zero-order valence-corrected chi connectivity index (χ0v) is 27.5. The summed E-state index contributed by atoms with van der Waals surface area (Å²) in [5.41, 5.74) is 5.67. The van der Waals surface area contributed by atoms with E-state index < -0.39 is 12.0 Å². The van der Waals surface area contributed by atoms with Crippen LogP contribution in [0.4, 0.5) is 0 Å². The molecule has 0 N–H and O–H groups in total. The van der Waals surface area contributed by atoms with Crippen LogP contribution in [0.25, 0.3) is 11.8 Å². The third-order valence-electron chi connectivity index (χ3n) is 7.41. The van der Waals surface area contributed by atoms with Crippen molar-refractivity contribution in [1.29, 1.82) is 0 Å². The van der Waals surface area contributed by atoms with Crippen LogP contribution in [0.2, 0.25) is 0 Å². The van der Waals surface area contributed by atoms with E-state index in [4.69, 9.17) is 14.5 Å². The second kappa shape index (κ2) is 12.8. The molecule has 0 unspecified atom stereocenters. The molecule has 0 fully saturated rings. The Balaban J connectivity index is 1.61. The molecular formula is C34H35N3O5S2. The van der Waals surface area contributed by atoms with Gasteiger partial charge in [-0.05, 0) is 107 Å². The quantitative estimate of drug-likeness (QED) is 0.189. The van der Waals surface area contributed by atoms with Gasteiger partial charge in [-0.15, -0.1) is 11.8 Å². The lowest BCUT2D eigenvalue weighted by Crippen LogP contribution is -2.40. The number of benzene rings is 2. The van der Waals surface area contributed by atoms with Crippen molar-refractivity contribution in [2.45, 2.75) is 58.6 Å². The van der Waals surface area contributed by atoms with Gasteiger partial charge >= 0.3 is 11.9 Å². The lowest BCUT2D eigenvalue weighted by Gasteiger charge is -2.25. The van der Waals surface area contributed by atoms with Crippen molar-refractivity contribution in [3.63, 3.8) is 0 Å². The van der Waals surface area contributed by atoms with Crippen LogP contribution in [0, 0.1) is 13.8 Å². The van der Waals surface area contributed by atoms with E-state index >= 15 is 0 Å². The van der Waals surface area contributed by atoms with E-state index in [0.717, 1.165) is 33.1 Å². The van der Waals surface area contributed by atoms with Crippen LogP contribution in [0.1, 0.15) is 66.6 Å². The number of hydrogen-bond donors (Lipinski definition) is 0. The van der Waals surface area contributed by atoms with E-state index in [1.54, 1.807) is 56.2 Å². The van der Waals surface area contributed by atoms with Crippen molar-refractivity contribution in [3.8, 4) is 5.69 Å². The molecule has 0 spiro atoms. The first-order valence-corrected chi connectivity index (χ1v) is 16.4. The summed E-state index contributed by atoms with van der Waals surface area (Å²) in [5, 5.41) is 0. The molecule has 0 amide bonds. The number of nitrogens with zero attached hydrogens (tertiary/aromatic N) is 3. The molecule has 0 saturated heterocycles. The van der Waals surface area contributed by atoms with Gasteiger partial charge in [0.05, 0.1) is 40.1 Å². The molecule has 5 rings (SSSR count). The normalized spacial score (nSPS) is 14.9. The number of rotatable bonds is 8. The highest BCUT2D eigenvalue weighted by molar-refractivity contribution is 7.98. The third kappa shape index (κ3) is 5.96. The molecule has 8 nitrogen and oxygen atoms in total. The van der Waals surface area contributed by atoms with E-state index in [0.29, 0.717) is 32.8 Å². The Hall–Kier alpha value is -4.15. The van der Waals surface area contributed by atoms with Crippen molar-refractivity contribution in [3.05, 3.63) is 114 Å². The van der Waals surface area contributed by atoms with Gasteiger partial charge in [0.1, 0.15) is 0 Å². The summed E-state index contributed by atoms with van der Waals surface area (Å²) in [4.78, 5) is 45.9. The average molecular weight is 630 g/mol. The molecule has 0 aliphatic carbocycles. The summed E-state index contributed by atoms with van der Waals surface area (Å²) in [7, 11) is 0. The Bertz CT molecular complexity index is 1950. The van der Waals surface area contributed by atoms with E-state index in [1.165, 1.54) is 11.3 Å². The van der Waals surface area contributed by atoms with Crippen LogP contribution in [0.3, 0.4) is 0 Å². The van der Waals surface area contributed by atoms with Crippen molar-refractivity contribution >= 4 is 41.1 Å². The fourth-order valence-corrected chi connectivity index (χ4v) is 6.84. The number of hydrogen-bond acceptors (Lipinski definition) is 8. The number of carbonyl (C=O) groups excluding carboxylic acids is 2. The second-order valence-corrected chi connectivity index (χ2v) is 12.6. The number of fused-ring (bicyclic) bond motifs is 1. The lowest BCUT2D eigenvalue weighted by atomic mass is 9.96. The van der Waals surface area contributed by atoms with Gasteiger partial charge in [-0.3, -0.25) is 9.36 Å². The Labute approximate surface area is 264 Å². The Morgan fingerprint density at radius 1 is 1.05 bits per heavy atom. The largest absolute Gasteiger partial charge is 0.462 e. The number of allylic oxidation sites excluding steroid dienone is 1. The number of esters is 2. The van der Waals surface area contributed by atoms with Gasteiger partial charge < -0.3 is 14.0 Å². The Morgan fingerprint density at radius 3 is 2.34 bits per heavy atom. The molecular weight excluding hydrogens is 595 g/mol. The lowest BCUT2D eigenvalue weighted by molar-refractivity contribution is -0.143. The highest BCUT2D eigenvalue weighted by atomic mass is 32.2. The summed E-state index contributed by atoms with van der Waals surface area (Å²) >= 11 is 2.93. The van der Waals surface area contributed by atoms with Gasteiger partial charge in [-0.25, -0.2) is 14.6 Å². The Kier molecular flexibility index (Phi) is 9.12. The van der Waals surface area contributed by atoms with Gasteiger partial charge in [0.15, 0.2) is 4.80 Å². The average Bonchev–Trinajstić information content (AvgIpc) is 3.45. The molecule has 1 aliphatic rings. The van der Waals surface area contributed by atoms with E-state index in [2.05, 4.69) is 4.57 Å². The van der Waals surface area contributed by atoms with Crippen molar-refractivity contribution < 1.29 is 19.1 Å². The SMILES string of the molecule is CCOC(=O)c1ccc(-n2c(C)cc(/C=c3\sc4n(c3=O)[C@@H](c3ccc(SC)cc3)C(C(=O)OC(C)C)=C(C)N=4)c2C)cc1. The van der Waals surface area contributed by atoms with Crippen molar-refractivity contribution in [2.75, 3.05) is 12.9 Å². The second-order valence-electron chi connectivity index (χ2n) is 10.7. The zero-order valence-electron chi connectivity index (χ0n) is 25.8. The summed E-state index contributed by atoms with van der Waals surface area (Å²) in [6.45, 7) is 11.5. The minimum atomic E-state index is -0.666. The minimum absolute atomic E-state index is 0.223. The molecule has 2 aromatic carbocycles. The number of thioether (sulfide) groups is 1. The maximum absolute atomic E-state index is 14.1. The number of thiazole rings is 1. The molecule has 1 aliphatic heterocycles. The smallest absolute Gasteiger partial charge is 0.338 e. The van der Waals surface area contributed by atoms with Crippen molar-refractivity contribution in [1.82, 2.24) is 9.13 Å². The van der Waals surface area contributed by atoms with Gasteiger partial charge in [0.25, 0.3) is 5.56 Å². The molecule has 0 saturated carbocycles. The molecule has 10 heteroatoms. The summed E-state index contributed by atoms with van der Waals surface area (Å²) in [6, 6.07) is 16.5. The van der Waals surface area contributed by atoms with Gasteiger partial charge in [0.2, 0.25) is 0 Å². The van der Waals surface area contributed by atoms with Crippen LogP contribution in [-0.4, -0.2) is 40.0 Å². The molecule has 0 radical (unpaired) electrons. The Morgan fingerprint density at radius 2 is 1.73 bits per heavy atom. The van der Waals surface area contributed by atoms with E-state index in [-0.39, 0.29) is 17.6 Å². The number of carbonyl (C=O) groups is 2. The molecule has 2 aromatic heterocycles. The number of aromatic nitrogens is 2. The first-order chi connectivity index (χ1) is 21.0. The highest BCUT2D eigenvalue weighted by Crippen LogP contribution is 2.32. The molecule has 3 heterocycles. The van der Waals surface area contributed by atoms with Gasteiger partial charge in [-0.1, -0.05) is 23.5 Å². The molecule has 4 aromatic rings. The number of ether oxygens (including phenoxy) is 2. The standard InChI is InChI=1S/C34H35N3O5S2/c1-8-41-32(39)24-9-13-26(14-10-24)36-20(4)17-25(22(36)6)18-28-31(38)37-30(23-11-15-27(43-7)16-12-23)29(33(40)42-19(2)3)21(5)35-34(37)44-28/h9-19,30H,8H2,1-7H3/b28-18-/t30-/m0/s1.